The van der Waals surface area contributed by atoms with Gasteiger partial charge in [-0.05, 0) is 71.7 Å². The molecule has 0 atom stereocenters. The molecule has 0 aliphatic rings. The number of hydrogen-bond acceptors (Lipinski definition) is 3. The molecule has 3 rings (SSSR count). The van der Waals surface area contributed by atoms with E-state index in [0.29, 0.717) is 17.1 Å². The maximum Gasteiger partial charge on any atom is 0.149 e. The number of benzene rings is 2. The second kappa shape index (κ2) is 7.32. The number of fused-ring (bicyclic) bond motifs is 1. The molecule has 4 nitrogen and oxygen atoms in total. The number of nitrogens with one attached hydrogen (secondary N) is 1. The number of hydrogen-bond donors (Lipinski definition) is 2. The second-order valence-electron chi connectivity index (χ2n) is 10.2. The molecule has 0 amide bonds. The molecular formula is C26H31N3O. The van der Waals surface area contributed by atoms with E-state index in [4.69, 9.17) is 0 Å². The van der Waals surface area contributed by atoms with Crippen molar-refractivity contribution in [3.05, 3.63) is 57.9 Å². The summed E-state index contributed by atoms with van der Waals surface area (Å²) in [5, 5.41) is 20.8. The van der Waals surface area contributed by atoms with Gasteiger partial charge in [-0.1, -0.05) is 41.5 Å². The van der Waals surface area contributed by atoms with Gasteiger partial charge < -0.3 is 10.1 Å². The number of aromatic hydroxyl groups is 1. The van der Waals surface area contributed by atoms with Crippen LogP contribution in [-0.2, 0) is 10.8 Å². The summed E-state index contributed by atoms with van der Waals surface area (Å²) >= 11 is 0. The van der Waals surface area contributed by atoms with E-state index < -0.39 is 0 Å². The number of allylic oxidation sites excluding steroid dienone is 1. The Morgan fingerprint density at radius 1 is 0.967 bits per heavy atom. The van der Waals surface area contributed by atoms with Crippen molar-refractivity contribution in [1.29, 1.82) is 5.26 Å². The Kier molecular flexibility index (Phi) is 5.28. The van der Waals surface area contributed by atoms with E-state index in [1.165, 1.54) is 11.1 Å². The maximum absolute atomic E-state index is 10.9. The van der Waals surface area contributed by atoms with Crippen LogP contribution in [0.15, 0.2) is 24.3 Å². The molecule has 0 aliphatic heterocycles. The molecule has 0 unspecified atom stereocenters. The van der Waals surface area contributed by atoms with E-state index in [0.717, 1.165) is 27.7 Å². The zero-order valence-corrected chi connectivity index (χ0v) is 19.2. The third-order valence-electron chi connectivity index (χ3n) is 5.53. The molecule has 30 heavy (non-hydrogen) atoms. The molecule has 3 aromatic rings. The predicted molar refractivity (Wildman–Crippen MR) is 125 cm³/mol. The van der Waals surface area contributed by atoms with Gasteiger partial charge in [-0.25, -0.2) is 4.98 Å². The largest absolute Gasteiger partial charge is 0.507 e. The van der Waals surface area contributed by atoms with Crippen LogP contribution >= 0.6 is 0 Å². The Morgan fingerprint density at radius 3 is 2.00 bits per heavy atom. The predicted octanol–water partition coefficient (Wildman–Crippen LogP) is 6.54. The molecule has 0 fully saturated rings. The average Bonchev–Trinajstić information content (AvgIpc) is 3.01. The van der Waals surface area contributed by atoms with Gasteiger partial charge in [0.1, 0.15) is 17.6 Å². The maximum atomic E-state index is 10.9. The Labute approximate surface area is 179 Å². The van der Waals surface area contributed by atoms with E-state index in [1.807, 2.05) is 24.3 Å². The normalized spacial score (nSPS) is 13.0. The zero-order valence-electron chi connectivity index (χ0n) is 19.2. The van der Waals surface area contributed by atoms with E-state index >= 15 is 0 Å². The Bertz CT molecular complexity index is 1120. The molecular weight excluding hydrogens is 370 g/mol. The van der Waals surface area contributed by atoms with Crippen LogP contribution in [0.25, 0.3) is 22.7 Å². The van der Waals surface area contributed by atoms with Crippen molar-refractivity contribution in [3.63, 3.8) is 0 Å². The Hall–Kier alpha value is -3.06. The monoisotopic (exact) mass is 401 g/mol. The van der Waals surface area contributed by atoms with Gasteiger partial charge in [-0.3, -0.25) is 0 Å². The number of H-pyrrole nitrogens is 1. The third kappa shape index (κ3) is 4.11. The molecule has 0 spiro atoms. The molecule has 0 saturated carbocycles. The van der Waals surface area contributed by atoms with Gasteiger partial charge in [0.2, 0.25) is 0 Å². The highest BCUT2D eigenvalue weighted by Gasteiger charge is 2.26. The lowest BCUT2D eigenvalue weighted by atomic mass is 9.78. The van der Waals surface area contributed by atoms with Crippen LogP contribution in [0.2, 0.25) is 0 Å². The van der Waals surface area contributed by atoms with Crippen LogP contribution in [0, 0.1) is 25.2 Å². The van der Waals surface area contributed by atoms with Gasteiger partial charge in [-0.2, -0.15) is 5.26 Å². The third-order valence-corrected chi connectivity index (χ3v) is 5.53. The summed E-state index contributed by atoms with van der Waals surface area (Å²) in [6, 6.07) is 10.3. The molecule has 1 aromatic heterocycles. The Morgan fingerprint density at radius 2 is 1.50 bits per heavy atom. The minimum Gasteiger partial charge on any atom is -0.507 e. The van der Waals surface area contributed by atoms with Crippen molar-refractivity contribution in [3.8, 4) is 11.8 Å². The zero-order chi connectivity index (χ0) is 22.4. The van der Waals surface area contributed by atoms with Gasteiger partial charge in [0.15, 0.2) is 0 Å². The average molecular weight is 402 g/mol. The van der Waals surface area contributed by atoms with E-state index in [2.05, 4.69) is 77.5 Å². The van der Waals surface area contributed by atoms with Gasteiger partial charge in [0.25, 0.3) is 0 Å². The van der Waals surface area contributed by atoms with E-state index in [9.17, 15) is 10.4 Å². The summed E-state index contributed by atoms with van der Waals surface area (Å²) in [6.07, 6.45) is 1.85. The highest BCUT2D eigenvalue weighted by atomic mass is 16.3. The Balaban J connectivity index is 2.20. The minimum atomic E-state index is -0.227. The van der Waals surface area contributed by atoms with Crippen molar-refractivity contribution in [2.75, 3.05) is 0 Å². The van der Waals surface area contributed by atoms with Gasteiger partial charge >= 0.3 is 0 Å². The van der Waals surface area contributed by atoms with Crippen LogP contribution in [0.1, 0.15) is 75.2 Å². The van der Waals surface area contributed by atoms with Crippen molar-refractivity contribution >= 4 is 22.7 Å². The fourth-order valence-corrected chi connectivity index (χ4v) is 3.60. The summed E-state index contributed by atoms with van der Waals surface area (Å²) in [4.78, 5) is 7.93. The first-order valence-electron chi connectivity index (χ1n) is 10.3. The number of rotatable bonds is 2. The lowest BCUT2D eigenvalue weighted by Crippen LogP contribution is -2.17. The quantitative estimate of drug-likeness (QED) is 0.479. The number of nitriles is 1. The van der Waals surface area contributed by atoms with Gasteiger partial charge in [0, 0.05) is 11.1 Å². The molecule has 0 aliphatic carbocycles. The smallest absolute Gasteiger partial charge is 0.149 e. The molecule has 2 aromatic carbocycles. The number of nitrogens with zero attached hydrogens (tertiary/aromatic N) is 2. The lowest BCUT2D eigenvalue weighted by molar-refractivity contribution is 0.423. The summed E-state index contributed by atoms with van der Waals surface area (Å²) < 4.78 is 0. The van der Waals surface area contributed by atoms with E-state index in [-0.39, 0.29) is 10.8 Å². The van der Waals surface area contributed by atoms with Crippen LogP contribution in [0.4, 0.5) is 0 Å². The van der Waals surface area contributed by atoms with Gasteiger partial charge in [-0.15, -0.1) is 0 Å². The summed E-state index contributed by atoms with van der Waals surface area (Å²) in [5.74, 6) is 0.889. The second-order valence-corrected chi connectivity index (χ2v) is 10.2. The highest BCUT2D eigenvalue weighted by Crippen LogP contribution is 2.40. The highest BCUT2D eigenvalue weighted by molar-refractivity contribution is 5.91. The number of phenols is 1. The standard InChI is InChI=1S/C26H31N3O/c1-15-9-21-22(10-16(15)2)29-24(28-21)18(14-27)11-17-12-19(25(3,4)5)23(30)20(13-17)26(6,7)8/h9-13,30H,1-8H3,(H,28,29). The van der Waals surface area contributed by atoms with Crippen molar-refractivity contribution in [2.24, 2.45) is 0 Å². The first-order valence-corrected chi connectivity index (χ1v) is 10.3. The summed E-state index contributed by atoms with van der Waals surface area (Å²) in [5.41, 5.74) is 6.76. The molecule has 4 heteroatoms. The minimum absolute atomic E-state index is 0.227. The fraction of sp³-hybridized carbons (Fsp3) is 0.385. The van der Waals surface area contributed by atoms with Crippen molar-refractivity contribution in [1.82, 2.24) is 9.97 Å². The first-order chi connectivity index (χ1) is 13.8. The van der Waals surface area contributed by atoms with Crippen molar-refractivity contribution in [2.45, 2.75) is 66.2 Å². The number of aromatic amines is 1. The van der Waals surface area contributed by atoms with Crippen molar-refractivity contribution < 1.29 is 5.11 Å². The fourth-order valence-electron chi connectivity index (χ4n) is 3.60. The topological polar surface area (TPSA) is 72.7 Å². The van der Waals surface area contributed by atoms with Crippen LogP contribution < -0.4 is 0 Å². The van der Waals surface area contributed by atoms with Gasteiger partial charge in [0.05, 0.1) is 16.6 Å². The SMILES string of the molecule is Cc1cc2nc(C(C#N)=Cc3cc(C(C)(C)C)c(O)c(C(C)(C)C)c3)[nH]c2cc1C. The molecule has 1 heterocycles. The van der Waals surface area contributed by atoms with Crippen LogP contribution in [0.5, 0.6) is 5.75 Å². The molecule has 0 radical (unpaired) electrons. The first kappa shape index (κ1) is 21.6. The summed E-state index contributed by atoms with van der Waals surface area (Å²) in [7, 11) is 0. The number of imidazole rings is 1. The summed E-state index contributed by atoms with van der Waals surface area (Å²) in [6.45, 7) is 16.6. The van der Waals surface area contributed by atoms with Crippen LogP contribution in [-0.4, -0.2) is 15.1 Å². The molecule has 0 bridgehead atoms. The van der Waals surface area contributed by atoms with E-state index in [1.54, 1.807) is 0 Å². The lowest BCUT2D eigenvalue weighted by Gasteiger charge is -2.28. The molecule has 0 saturated heterocycles. The number of aryl methyl sites for hydroxylation is 2. The number of phenolic OH excluding ortho intramolecular Hbond substituents is 1. The molecule has 156 valence electrons. The van der Waals surface area contributed by atoms with Crippen LogP contribution in [0.3, 0.4) is 0 Å². The number of aromatic nitrogens is 2. The molecule has 2 N–H and O–H groups in total.